The second-order valence-electron chi connectivity index (χ2n) is 5.76. The van der Waals surface area contributed by atoms with Crippen LogP contribution in [0.1, 0.15) is 27.2 Å². The minimum atomic E-state index is -0.319. The molecule has 0 saturated heterocycles. The fraction of sp³-hybridized carbons (Fsp3) is 0.167. The minimum Gasteiger partial charge on any atom is -0.346 e. The summed E-state index contributed by atoms with van der Waals surface area (Å²) in [7, 11) is 0. The molecule has 0 aliphatic carbocycles. The number of H-pyrrole nitrogens is 1. The van der Waals surface area contributed by atoms with Crippen molar-refractivity contribution in [3.8, 4) is 0 Å². The number of nitrogens with zero attached hydrogens (tertiary/aromatic N) is 2. The second kappa shape index (κ2) is 7.36. The lowest BCUT2D eigenvalue weighted by Gasteiger charge is -2.08. The number of carbonyl (C=O) groups excluding carboxylic acids is 1. The maximum Gasteiger partial charge on any atom is 0.275 e. The molecule has 128 valence electrons. The molecule has 0 radical (unpaired) electrons. The van der Waals surface area contributed by atoms with Crippen LogP contribution < -0.4 is 10.6 Å². The van der Waals surface area contributed by atoms with Crippen molar-refractivity contribution in [1.29, 1.82) is 0 Å². The molecule has 0 aliphatic rings. The summed E-state index contributed by atoms with van der Waals surface area (Å²) >= 11 is 5.95. The Morgan fingerprint density at radius 2 is 1.96 bits per heavy atom. The first-order valence-electron chi connectivity index (χ1n) is 7.80. The van der Waals surface area contributed by atoms with Crippen LogP contribution in [-0.4, -0.2) is 21.3 Å². The van der Waals surface area contributed by atoms with Crippen LogP contribution in [0.25, 0.3) is 0 Å². The Balaban J connectivity index is 1.70. The van der Waals surface area contributed by atoms with E-state index in [0.717, 1.165) is 16.8 Å². The highest BCUT2D eigenvalue weighted by atomic mass is 35.5. The number of hydrogen-bond acceptors (Lipinski definition) is 4. The number of rotatable bonds is 5. The molecule has 1 amide bonds. The van der Waals surface area contributed by atoms with E-state index < -0.39 is 0 Å². The molecule has 0 aliphatic heterocycles. The van der Waals surface area contributed by atoms with Gasteiger partial charge in [0.05, 0.1) is 0 Å². The Labute approximate surface area is 150 Å². The van der Waals surface area contributed by atoms with Gasteiger partial charge in [-0.3, -0.25) is 4.79 Å². The van der Waals surface area contributed by atoms with Crippen molar-refractivity contribution < 1.29 is 4.79 Å². The lowest BCUT2D eigenvalue weighted by molar-refractivity contribution is 0.0946. The maximum atomic E-state index is 12.4. The summed E-state index contributed by atoms with van der Waals surface area (Å²) in [5.74, 6) is 0.0620. The van der Waals surface area contributed by atoms with Gasteiger partial charge in [-0.05, 0) is 54.8 Å². The van der Waals surface area contributed by atoms with Crippen LogP contribution in [0.3, 0.4) is 0 Å². The van der Waals surface area contributed by atoms with Crippen molar-refractivity contribution in [2.24, 2.45) is 0 Å². The van der Waals surface area contributed by atoms with Gasteiger partial charge in [-0.1, -0.05) is 29.8 Å². The van der Waals surface area contributed by atoms with Gasteiger partial charge in [0, 0.05) is 17.3 Å². The van der Waals surface area contributed by atoms with Crippen LogP contribution in [-0.2, 0) is 6.54 Å². The predicted octanol–water partition coefficient (Wildman–Crippen LogP) is 3.75. The highest BCUT2D eigenvalue weighted by Gasteiger charge is 2.16. The van der Waals surface area contributed by atoms with Crippen molar-refractivity contribution >= 4 is 29.0 Å². The van der Waals surface area contributed by atoms with Crippen LogP contribution >= 0.6 is 11.6 Å². The first-order chi connectivity index (χ1) is 12.0. The molecule has 2 aromatic carbocycles. The standard InChI is InChI=1S/C18H18ClN5O/c1-11-6-7-15(8-12(11)2)21-17-16(22-24-23-17)18(25)20-10-13-4-3-5-14(19)9-13/h3-9H,10H2,1-2H3,(H,20,25)(H2,21,22,23,24). The highest BCUT2D eigenvalue weighted by molar-refractivity contribution is 6.30. The van der Waals surface area contributed by atoms with Crippen LogP contribution in [0.15, 0.2) is 42.5 Å². The fourth-order valence-corrected chi connectivity index (χ4v) is 2.56. The summed E-state index contributed by atoms with van der Waals surface area (Å²) in [6.07, 6.45) is 0. The summed E-state index contributed by atoms with van der Waals surface area (Å²) in [5.41, 5.74) is 4.32. The van der Waals surface area contributed by atoms with Crippen LogP contribution in [0.4, 0.5) is 11.5 Å². The van der Waals surface area contributed by atoms with Gasteiger partial charge >= 0.3 is 0 Å². The van der Waals surface area contributed by atoms with Gasteiger partial charge in [0.15, 0.2) is 11.5 Å². The maximum absolute atomic E-state index is 12.4. The summed E-state index contributed by atoms with van der Waals surface area (Å²) in [4.78, 5) is 12.4. The highest BCUT2D eigenvalue weighted by Crippen LogP contribution is 2.20. The molecule has 1 aromatic heterocycles. The van der Waals surface area contributed by atoms with E-state index >= 15 is 0 Å². The first kappa shape index (κ1) is 17.0. The second-order valence-corrected chi connectivity index (χ2v) is 6.19. The number of benzene rings is 2. The van der Waals surface area contributed by atoms with E-state index in [0.29, 0.717) is 17.4 Å². The number of carbonyl (C=O) groups is 1. The Morgan fingerprint density at radius 3 is 2.72 bits per heavy atom. The molecule has 0 bridgehead atoms. The summed E-state index contributed by atoms with van der Waals surface area (Å²) in [6.45, 7) is 4.43. The van der Waals surface area contributed by atoms with Crippen molar-refractivity contribution in [1.82, 2.24) is 20.7 Å². The molecule has 25 heavy (non-hydrogen) atoms. The van der Waals surface area contributed by atoms with Gasteiger partial charge in [0.2, 0.25) is 0 Å². The summed E-state index contributed by atoms with van der Waals surface area (Å²) < 4.78 is 0. The molecule has 1 heterocycles. The quantitative estimate of drug-likeness (QED) is 0.651. The number of hydrogen-bond donors (Lipinski definition) is 3. The van der Waals surface area contributed by atoms with Gasteiger partial charge < -0.3 is 10.6 Å². The summed E-state index contributed by atoms with van der Waals surface area (Å²) in [6, 6.07) is 13.3. The van der Waals surface area contributed by atoms with Crippen molar-refractivity contribution in [2.45, 2.75) is 20.4 Å². The van der Waals surface area contributed by atoms with Gasteiger partial charge in [-0.25, -0.2) is 0 Å². The zero-order valence-electron chi connectivity index (χ0n) is 13.9. The third kappa shape index (κ3) is 4.16. The number of nitrogens with one attached hydrogen (secondary N) is 3. The lowest BCUT2D eigenvalue weighted by atomic mass is 10.1. The number of amides is 1. The number of halogens is 1. The van der Waals surface area contributed by atoms with E-state index in [1.165, 1.54) is 5.56 Å². The van der Waals surface area contributed by atoms with E-state index in [4.69, 9.17) is 11.6 Å². The SMILES string of the molecule is Cc1ccc(Nc2n[nH]nc2C(=O)NCc2cccc(Cl)c2)cc1C. The Hall–Kier alpha value is -2.86. The summed E-state index contributed by atoms with van der Waals surface area (Å²) in [5, 5.41) is 17.0. The molecular formula is C18H18ClN5O. The molecule has 3 aromatic rings. The number of aromatic nitrogens is 3. The van der Waals surface area contributed by atoms with E-state index in [-0.39, 0.29) is 11.6 Å². The molecule has 3 rings (SSSR count). The van der Waals surface area contributed by atoms with Gasteiger partial charge in [0.1, 0.15) is 0 Å². The minimum absolute atomic E-state index is 0.209. The van der Waals surface area contributed by atoms with Gasteiger partial charge in [-0.2, -0.15) is 5.21 Å². The molecule has 6 nitrogen and oxygen atoms in total. The molecule has 0 atom stereocenters. The third-order valence-electron chi connectivity index (χ3n) is 3.87. The Bertz CT molecular complexity index is 906. The number of aromatic amines is 1. The van der Waals surface area contributed by atoms with Crippen molar-refractivity contribution in [3.63, 3.8) is 0 Å². The van der Waals surface area contributed by atoms with E-state index in [9.17, 15) is 4.79 Å². The largest absolute Gasteiger partial charge is 0.346 e. The Morgan fingerprint density at radius 1 is 1.12 bits per heavy atom. The predicted molar refractivity (Wildman–Crippen MR) is 98.2 cm³/mol. The lowest BCUT2D eigenvalue weighted by Crippen LogP contribution is -2.24. The zero-order valence-corrected chi connectivity index (χ0v) is 14.7. The zero-order chi connectivity index (χ0) is 17.8. The number of anilines is 2. The monoisotopic (exact) mass is 355 g/mol. The van der Waals surface area contributed by atoms with Crippen molar-refractivity contribution in [2.75, 3.05) is 5.32 Å². The molecule has 0 unspecified atom stereocenters. The van der Waals surface area contributed by atoms with E-state index in [1.807, 2.05) is 44.2 Å². The smallest absolute Gasteiger partial charge is 0.275 e. The number of aryl methyl sites for hydroxylation is 2. The van der Waals surface area contributed by atoms with Crippen LogP contribution in [0.5, 0.6) is 0 Å². The van der Waals surface area contributed by atoms with Crippen molar-refractivity contribution in [3.05, 3.63) is 69.9 Å². The van der Waals surface area contributed by atoms with Crippen LogP contribution in [0.2, 0.25) is 5.02 Å². The normalized spacial score (nSPS) is 10.5. The first-order valence-corrected chi connectivity index (χ1v) is 8.18. The molecule has 0 spiro atoms. The molecule has 7 heteroatoms. The van der Waals surface area contributed by atoms with Gasteiger partial charge in [0.25, 0.3) is 5.91 Å². The molecule has 3 N–H and O–H groups in total. The molecule has 0 saturated carbocycles. The Kier molecular flexibility index (Phi) is 5.00. The van der Waals surface area contributed by atoms with E-state index in [1.54, 1.807) is 12.1 Å². The van der Waals surface area contributed by atoms with E-state index in [2.05, 4.69) is 26.0 Å². The third-order valence-corrected chi connectivity index (χ3v) is 4.11. The van der Waals surface area contributed by atoms with Crippen LogP contribution in [0, 0.1) is 13.8 Å². The van der Waals surface area contributed by atoms with Gasteiger partial charge in [-0.15, -0.1) is 10.2 Å². The molecular weight excluding hydrogens is 338 g/mol. The topological polar surface area (TPSA) is 82.7 Å². The fourth-order valence-electron chi connectivity index (χ4n) is 2.35. The molecule has 0 fully saturated rings. The average Bonchev–Trinajstić information content (AvgIpc) is 3.04. The average molecular weight is 356 g/mol.